The predicted octanol–water partition coefficient (Wildman–Crippen LogP) is 5.46. The molecular weight excluding hydrogens is 264 g/mol. The molecular formula is C14H14S3. The van der Waals surface area contributed by atoms with E-state index in [0.717, 1.165) is 11.5 Å². The zero-order valence-electron chi connectivity index (χ0n) is 9.52. The van der Waals surface area contributed by atoms with Gasteiger partial charge in [-0.2, -0.15) is 0 Å². The van der Waals surface area contributed by atoms with E-state index in [-0.39, 0.29) is 0 Å². The van der Waals surface area contributed by atoms with Crippen molar-refractivity contribution in [1.82, 2.24) is 0 Å². The molecule has 0 saturated carbocycles. The Morgan fingerprint density at radius 3 is 2.53 bits per heavy atom. The first-order valence-electron chi connectivity index (χ1n) is 5.35. The summed E-state index contributed by atoms with van der Waals surface area (Å²) >= 11 is 5.61. The molecule has 0 aliphatic heterocycles. The summed E-state index contributed by atoms with van der Waals surface area (Å²) in [6.07, 6.45) is 3.91. The van der Waals surface area contributed by atoms with E-state index in [1.54, 1.807) is 0 Å². The lowest BCUT2D eigenvalue weighted by Crippen LogP contribution is -1.75. The van der Waals surface area contributed by atoms with Crippen LogP contribution in [0.4, 0.5) is 0 Å². The number of fused-ring (bicyclic) bond motifs is 1. The second-order valence-electron chi connectivity index (χ2n) is 3.41. The Kier molecular flexibility index (Phi) is 4.77. The monoisotopic (exact) mass is 278 g/mol. The van der Waals surface area contributed by atoms with Gasteiger partial charge in [0, 0.05) is 26.5 Å². The van der Waals surface area contributed by atoms with Gasteiger partial charge in [-0.1, -0.05) is 30.4 Å². The minimum Gasteiger partial charge on any atom is -0.128 e. The van der Waals surface area contributed by atoms with Crippen molar-refractivity contribution in [2.24, 2.45) is 0 Å². The van der Waals surface area contributed by atoms with Gasteiger partial charge in [-0.3, -0.25) is 0 Å². The molecule has 88 valence electrons. The van der Waals surface area contributed by atoms with Gasteiger partial charge in [0.15, 0.2) is 0 Å². The van der Waals surface area contributed by atoms with E-state index >= 15 is 0 Å². The SMILES string of the molecule is C=CCSc1sc2ccccc2c1SCC=C. The van der Waals surface area contributed by atoms with Crippen LogP contribution in [0.15, 0.2) is 58.7 Å². The van der Waals surface area contributed by atoms with E-state index in [1.807, 2.05) is 47.0 Å². The quantitative estimate of drug-likeness (QED) is 0.508. The number of hydrogen-bond donors (Lipinski definition) is 0. The van der Waals surface area contributed by atoms with Crippen LogP contribution in [0.3, 0.4) is 0 Å². The molecule has 1 heterocycles. The molecule has 2 rings (SSSR count). The van der Waals surface area contributed by atoms with Crippen LogP contribution in [0.2, 0.25) is 0 Å². The van der Waals surface area contributed by atoms with Crippen LogP contribution in [0.1, 0.15) is 0 Å². The maximum Gasteiger partial charge on any atom is 0.0750 e. The average Bonchev–Trinajstić information content (AvgIpc) is 2.71. The predicted molar refractivity (Wildman–Crippen MR) is 83.7 cm³/mol. The molecule has 0 N–H and O–H groups in total. The molecule has 17 heavy (non-hydrogen) atoms. The highest BCUT2D eigenvalue weighted by atomic mass is 32.2. The average molecular weight is 278 g/mol. The molecule has 0 aliphatic rings. The third-order valence-corrected chi connectivity index (χ3v) is 6.01. The van der Waals surface area contributed by atoms with Crippen LogP contribution >= 0.6 is 34.9 Å². The van der Waals surface area contributed by atoms with Crippen molar-refractivity contribution < 1.29 is 0 Å². The van der Waals surface area contributed by atoms with E-state index in [9.17, 15) is 0 Å². The minimum atomic E-state index is 0.961. The lowest BCUT2D eigenvalue weighted by molar-refractivity contribution is 1.44. The van der Waals surface area contributed by atoms with E-state index in [2.05, 4.69) is 37.4 Å². The first kappa shape index (κ1) is 12.8. The molecule has 2 aromatic rings. The van der Waals surface area contributed by atoms with Gasteiger partial charge in [0.2, 0.25) is 0 Å². The molecule has 0 nitrogen and oxygen atoms in total. The fraction of sp³-hybridized carbons (Fsp3) is 0.143. The molecule has 1 aromatic carbocycles. The summed E-state index contributed by atoms with van der Waals surface area (Å²) in [5.41, 5.74) is 0. The highest BCUT2D eigenvalue weighted by Crippen LogP contribution is 2.43. The van der Waals surface area contributed by atoms with E-state index in [0.29, 0.717) is 0 Å². The van der Waals surface area contributed by atoms with Gasteiger partial charge < -0.3 is 0 Å². The van der Waals surface area contributed by atoms with Gasteiger partial charge in [0.05, 0.1) is 4.21 Å². The van der Waals surface area contributed by atoms with Crippen molar-refractivity contribution in [2.75, 3.05) is 11.5 Å². The molecule has 0 spiro atoms. The van der Waals surface area contributed by atoms with Crippen LogP contribution < -0.4 is 0 Å². The maximum absolute atomic E-state index is 3.79. The Balaban J connectivity index is 2.40. The summed E-state index contributed by atoms with van der Waals surface area (Å²) in [5.74, 6) is 1.93. The van der Waals surface area contributed by atoms with Gasteiger partial charge in [0.25, 0.3) is 0 Å². The molecule has 1 aromatic heterocycles. The molecule has 0 aliphatic carbocycles. The molecule has 0 fully saturated rings. The van der Waals surface area contributed by atoms with Crippen LogP contribution in [0.25, 0.3) is 10.1 Å². The van der Waals surface area contributed by atoms with Crippen molar-refractivity contribution in [3.63, 3.8) is 0 Å². The van der Waals surface area contributed by atoms with Gasteiger partial charge in [0.1, 0.15) is 0 Å². The largest absolute Gasteiger partial charge is 0.128 e. The van der Waals surface area contributed by atoms with Gasteiger partial charge in [-0.05, 0) is 6.07 Å². The molecule has 3 heteroatoms. The summed E-state index contributed by atoms with van der Waals surface area (Å²) in [6, 6.07) is 8.60. The van der Waals surface area contributed by atoms with Crippen molar-refractivity contribution >= 4 is 44.9 Å². The molecule has 0 atom stereocenters. The van der Waals surface area contributed by atoms with Crippen molar-refractivity contribution in [2.45, 2.75) is 9.10 Å². The highest BCUT2D eigenvalue weighted by Gasteiger charge is 2.11. The fourth-order valence-corrected chi connectivity index (χ4v) is 5.01. The molecule has 0 saturated heterocycles. The lowest BCUT2D eigenvalue weighted by Gasteiger charge is -2.00. The van der Waals surface area contributed by atoms with Crippen molar-refractivity contribution in [3.8, 4) is 0 Å². The molecule has 0 amide bonds. The van der Waals surface area contributed by atoms with Crippen LogP contribution in [-0.4, -0.2) is 11.5 Å². The third kappa shape index (κ3) is 2.97. The van der Waals surface area contributed by atoms with Gasteiger partial charge >= 0.3 is 0 Å². The Bertz CT molecular complexity index is 525. The first-order valence-corrected chi connectivity index (χ1v) is 8.14. The second-order valence-corrected chi connectivity index (χ2v) is 6.79. The fourth-order valence-electron chi connectivity index (χ4n) is 1.51. The summed E-state index contributed by atoms with van der Waals surface area (Å²) in [6.45, 7) is 7.57. The van der Waals surface area contributed by atoms with Crippen LogP contribution in [-0.2, 0) is 0 Å². The van der Waals surface area contributed by atoms with Crippen molar-refractivity contribution in [1.29, 1.82) is 0 Å². The maximum atomic E-state index is 3.79. The normalized spacial score (nSPS) is 10.6. The number of benzene rings is 1. The Hall–Kier alpha value is -0.640. The molecule has 0 radical (unpaired) electrons. The zero-order chi connectivity index (χ0) is 12.1. The topological polar surface area (TPSA) is 0 Å². The minimum absolute atomic E-state index is 0.961. The number of hydrogen-bond acceptors (Lipinski definition) is 3. The number of rotatable bonds is 6. The van der Waals surface area contributed by atoms with Crippen LogP contribution in [0.5, 0.6) is 0 Å². The standard InChI is InChI=1S/C14H14S3/c1-3-9-15-13-11-7-5-6-8-12(11)17-14(13)16-10-4-2/h3-8H,1-2,9-10H2. The summed E-state index contributed by atoms with van der Waals surface area (Å²) in [5, 5.41) is 1.37. The smallest absolute Gasteiger partial charge is 0.0750 e. The zero-order valence-corrected chi connectivity index (χ0v) is 12.0. The third-order valence-electron chi connectivity index (χ3n) is 2.20. The Morgan fingerprint density at radius 1 is 1.06 bits per heavy atom. The summed E-state index contributed by atoms with van der Waals surface area (Å²) < 4.78 is 2.77. The highest BCUT2D eigenvalue weighted by molar-refractivity contribution is 8.04. The van der Waals surface area contributed by atoms with Gasteiger partial charge in [-0.25, -0.2) is 0 Å². The Morgan fingerprint density at radius 2 is 1.76 bits per heavy atom. The van der Waals surface area contributed by atoms with E-state index in [4.69, 9.17) is 0 Å². The van der Waals surface area contributed by atoms with Gasteiger partial charge in [-0.15, -0.1) is 48.0 Å². The second kappa shape index (κ2) is 6.34. The lowest BCUT2D eigenvalue weighted by atomic mass is 10.3. The van der Waals surface area contributed by atoms with Crippen LogP contribution in [0, 0.1) is 0 Å². The van der Waals surface area contributed by atoms with E-state index in [1.165, 1.54) is 19.2 Å². The van der Waals surface area contributed by atoms with E-state index < -0.39 is 0 Å². The summed E-state index contributed by atoms with van der Waals surface area (Å²) in [7, 11) is 0. The van der Waals surface area contributed by atoms with Crippen molar-refractivity contribution in [3.05, 3.63) is 49.6 Å². The first-order chi connectivity index (χ1) is 8.36. The summed E-state index contributed by atoms with van der Waals surface area (Å²) in [4.78, 5) is 1.40. The number of thioether (sulfide) groups is 2. The number of thiophene rings is 1. The molecule has 0 bridgehead atoms. The Labute approximate surface area is 115 Å². The molecule has 0 unspecified atom stereocenters.